The minimum Gasteiger partial charge on any atom is -0.493 e. The van der Waals surface area contributed by atoms with Gasteiger partial charge in [0.15, 0.2) is 11.5 Å². The number of hydrogen-bond acceptors (Lipinski definition) is 4. The first-order valence-corrected chi connectivity index (χ1v) is 5.58. The number of carbonyl (C=O) groups excluding carboxylic acids is 1. The lowest BCUT2D eigenvalue weighted by atomic mass is 10.2. The fraction of sp³-hybridized carbons (Fsp3) is 0.143. The first-order valence-electron chi connectivity index (χ1n) is 5.58. The number of pyridine rings is 1. The molecule has 0 bridgehead atoms. The third-order valence-corrected chi connectivity index (χ3v) is 2.48. The van der Waals surface area contributed by atoms with Gasteiger partial charge in [-0.15, -0.1) is 0 Å². The Morgan fingerprint density at radius 3 is 2.63 bits per heavy atom. The molecule has 2 rings (SSSR count). The molecule has 0 fully saturated rings. The van der Waals surface area contributed by atoms with Crippen molar-refractivity contribution in [2.24, 2.45) is 0 Å². The van der Waals surface area contributed by atoms with Gasteiger partial charge in [0.05, 0.1) is 12.7 Å². The van der Waals surface area contributed by atoms with Gasteiger partial charge in [-0.25, -0.2) is 9.18 Å². The zero-order valence-electron chi connectivity index (χ0n) is 10.5. The highest BCUT2D eigenvalue weighted by Gasteiger charge is 2.13. The highest BCUT2D eigenvalue weighted by Crippen LogP contribution is 2.28. The van der Waals surface area contributed by atoms with Crippen LogP contribution in [0.1, 0.15) is 16.1 Å². The van der Waals surface area contributed by atoms with Crippen LogP contribution in [0.5, 0.6) is 11.5 Å². The summed E-state index contributed by atoms with van der Waals surface area (Å²) in [6.45, 7) is 1.81. The Kier molecular flexibility index (Phi) is 3.75. The van der Waals surface area contributed by atoms with Crippen molar-refractivity contribution >= 4 is 5.97 Å². The first-order chi connectivity index (χ1) is 9.10. The van der Waals surface area contributed by atoms with Gasteiger partial charge in [0.25, 0.3) is 0 Å². The summed E-state index contributed by atoms with van der Waals surface area (Å²) in [5.74, 6) is -0.801. The maximum Gasteiger partial charge on any atom is 0.345 e. The van der Waals surface area contributed by atoms with E-state index >= 15 is 0 Å². The third-order valence-electron chi connectivity index (χ3n) is 2.48. The van der Waals surface area contributed by atoms with E-state index in [0.29, 0.717) is 0 Å². The first kappa shape index (κ1) is 13.0. The van der Waals surface area contributed by atoms with E-state index in [1.807, 2.05) is 6.92 Å². The van der Waals surface area contributed by atoms with Crippen molar-refractivity contribution in [2.75, 3.05) is 7.11 Å². The summed E-state index contributed by atoms with van der Waals surface area (Å²) in [5.41, 5.74) is 1.08. The van der Waals surface area contributed by atoms with Crippen molar-refractivity contribution in [3.63, 3.8) is 0 Å². The zero-order chi connectivity index (χ0) is 13.8. The van der Waals surface area contributed by atoms with Crippen LogP contribution in [0.2, 0.25) is 0 Å². The molecule has 1 heterocycles. The SMILES string of the molecule is COc1ccc(F)cc1OC(=O)c1ccc(C)nc1. The number of ether oxygens (including phenoxy) is 2. The van der Waals surface area contributed by atoms with E-state index in [1.165, 1.54) is 25.4 Å². The van der Waals surface area contributed by atoms with Crippen molar-refractivity contribution in [3.05, 3.63) is 53.6 Å². The second-order valence-electron chi connectivity index (χ2n) is 3.87. The van der Waals surface area contributed by atoms with Crippen LogP contribution >= 0.6 is 0 Å². The zero-order valence-corrected chi connectivity index (χ0v) is 10.5. The number of esters is 1. The summed E-state index contributed by atoms with van der Waals surface area (Å²) in [6.07, 6.45) is 1.41. The van der Waals surface area contributed by atoms with Crippen molar-refractivity contribution < 1.29 is 18.7 Å². The number of halogens is 1. The number of methoxy groups -OCH3 is 1. The van der Waals surface area contributed by atoms with E-state index < -0.39 is 11.8 Å². The van der Waals surface area contributed by atoms with Gasteiger partial charge in [-0.05, 0) is 31.2 Å². The normalized spacial score (nSPS) is 10.1. The van der Waals surface area contributed by atoms with E-state index in [2.05, 4.69) is 4.98 Å². The number of hydrogen-bond donors (Lipinski definition) is 0. The maximum absolute atomic E-state index is 13.1. The second-order valence-corrected chi connectivity index (χ2v) is 3.87. The Hall–Kier alpha value is -2.43. The van der Waals surface area contributed by atoms with Crippen molar-refractivity contribution in [1.29, 1.82) is 0 Å². The highest BCUT2D eigenvalue weighted by atomic mass is 19.1. The van der Waals surface area contributed by atoms with Crippen LogP contribution in [0.4, 0.5) is 4.39 Å². The monoisotopic (exact) mass is 261 g/mol. The molecule has 0 saturated carbocycles. The Morgan fingerprint density at radius 2 is 2.00 bits per heavy atom. The van der Waals surface area contributed by atoms with Gasteiger partial charge in [0, 0.05) is 18.0 Å². The molecule has 0 radical (unpaired) electrons. The molecule has 4 nitrogen and oxygen atoms in total. The molecule has 0 atom stereocenters. The average Bonchev–Trinajstić information content (AvgIpc) is 2.39. The Labute approximate surface area is 109 Å². The molecule has 0 unspecified atom stereocenters. The van der Waals surface area contributed by atoms with Crippen molar-refractivity contribution in [3.8, 4) is 11.5 Å². The minimum atomic E-state index is -0.614. The van der Waals surface area contributed by atoms with Gasteiger partial charge in [-0.3, -0.25) is 4.98 Å². The Morgan fingerprint density at radius 1 is 1.21 bits per heavy atom. The maximum atomic E-state index is 13.1. The number of benzene rings is 1. The van der Waals surface area contributed by atoms with E-state index in [9.17, 15) is 9.18 Å². The van der Waals surface area contributed by atoms with Crippen LogP contribution in [0.3, 0.4) is 0 Å². The summed E-state index contributed by atoms with van der Waals surface area (Å²) in [5, 5.41) is 0. The lowest BCUT2D eigenvalue weighted by Gasteiger charge is -2.09. The minimum absolute atomic E-state index is 0.0353. The molecule has 5 heteroatoms. The number of nitrogens with zero attached hydrogens (tertiary/aromatic N) is 1. The molecular weight excluding hydrogens is 249 g/mol. The van der Waals surface area contributed by atoms with Gasteiger partial charge >= 0.3 is 5.97 Å². The van der Waals surface area contributed by atoms with Crippen LogP contribution in [0.15, 0.2) is 36.5 Å². The molecule has 2 aromatic rings. The summed E-state index contributed by atoms with van der Waals surface area (Å²) in [6, 6.07) is 7.00. The standard InChI is InChI=1S/C14H12FNO3/c1-9-3-4-10(8-16-9)14(17)19-13-7-11(15)5-6-12(13)18-2/h3-8H,1-2H3. The molecular formula is C14H12FNO3. The molecule has 0 aliphatic rings. The van der Waals surface area contributed by atoms with Gasteiger partial charge in [-0.2, -0.15) is 0 Å². The molecule has 0 aliphatic carbocycles. The van der Waals surface area contributed by atoms with Crippen LogP contribution in [-0.2, 0) is 0 Å². The van der Waals surface area contributed by atoms with Crippen molar-refractivity contribution in [1.82, 2.24) is 4.98 Å². The predicted octanol–water partition coefficient (Wildman–Crippen LogP) is 2.76. The van der Waals surface area contributed by atoms with E-state index in [4.69, 9.17) is 9.47 Å². The van der Waals surface area contributed by atoms with E-state index in [1.54, 1.807) is 12.1 Å². The summed E-state index contributed by atoms with van der Waals surface area (Å²) in [4.78, 5) is 15.9. The smallest absolute Gasteiger partial charge is 0.345 e. The van der Waals surface area contributed by atoms with Gasteiger partial charge in [0.2, 0.25) is 0 Å². The van der Waals surface area contributed by atoms with Gasteiger partial charge in [-0.1, -0.05) is 0 Å². The lowest BCUT2D eigenvalue weighted by molar-refractivity contribution is 0.0729. The molecule has 0 N–H and O–H groups in total. The molecule has 0 spiro atoms. The summed E-state index contributed by atoms with van der Waals surface area (Å²) < 4.78 is 23.2. The molecule has 1 aromatic heterocycles. The quantitative estimate of drug-likeness (QED) is 0.629. The summed E-state index contributed by atoms with van der Waals surface area (Å²) in [7, 11) is 1.41. The summed E-state index contributed by atoms with van der Waals surface area (Å²) >= 11 is 0. The van der Waals surface area contributed by atoms with Gasteiger partial charge < -0.3 is 9.47 Å². The molecule has 98 valence electrons. The Balaban J connectivity index is 2.23. The number of rotatable bonds is 3. The lowest BCUT2D eigenvalue weighted by Crippen LogP contribution is -2.10. The van der Waals surface area contributed by atoms with Crippen LogP contribution in [-0.4, -0.2) is 18.1 Å². The molecule has 19 heavy (non-hydrogen) atoms. The van der Waals surface area contributed by atoms with Gasteiger partial charge in [0.1, 0.15) is 5.82 Å². The topological polar surface area (TPSA) is 48.4 Å². The average molecular weight is 261 g/mol. The van der Waals surface area contributed by atoms with Crippen LogP contribution in [0.25, 0.3) is 0 Å². The number of aromatic nitrogens is 1. The third kappa shape index (κ3) is 3.07. The number of carbonyl (C=O) groups is 1. The van der Waals surface area contributed by atoms with Crippen LogP contribution in [0, 0.1) is 12.7 Å². The highest BCUT2D eigenvalue weighted by molar-refractivity contribution is 5.91. The molecule has 0 aliphatic heterocycles. The second kappa shape index (κ2) is 5.48. The predicted molar refractivity (Wildman–Crippen MR) is 66.9 cm³/mol. The van der Waals surface area contributed by atoms with E-state index in [0.717, 1.165) is 11.8 Å². The molecule has 0 saturated heterocycles. The number of aryl methyl sites for hydroxylation is 1. The Bertz CT molecular complexity index is 596. The van der Waals surface area contributed by atoms with Crippen LogP contribution < -0.4 is 9.47 Å². The molecule has 0 amide bonds. The largest absolute Gasteiger partial charge is 0.493 e. The fourth-order valence-electron chi connectivity index (χ4n) is 1.48. The van der Waals surface area contributed by atoms with Crippen molar-refractivity contribution in [2.45, 2.75) is 6.92 Å². The fourth-order valence-corrected chi connectivity index (χ4v) is 1.48. The van der Waals surface area contributed by atoms with E-state index in [-0.39, 0.29) is 17.1 Å². The molecule has 1 aromatic carbocycles.